The van der Waals surface area contributed by atoms with E-state index in [1.54, 1.807) is 6.20 Å². The van der Waals surface area contributed by atoms with Crippen molar-refractivity contribution in [1.29, 1.82) is 0 Å². The lowest BCUT2D eigenvalue weighted by Gasteiger charge is -2.20. The van der Waals surface area contributed by atoms with Gasteiger partial charge in [-0.3, -0.25) is 0 Å². The molecule has 18 heavy (non-hydrogen) atoms. The minimum absolute atomic E-state index is 0.0939. The highest BCUT2D eigenvalue weighted by Crippen LogP contribution is 2.32. The Morgan fingerprint density at radius 1 is 1.33 bits per heavy atom. The van der Waals surface area contributed by atoms with Gasteiger partial charge < -0.3 is 5.73 Å². The Labute approximate surface area is 128 Å². The number of rotatable bonds is 1. The van der Waals surface area contributed by atoms with Crippen molar-refractivity contribution in [2.45, 2.75) is 26.2 Å². The number of nitrogen functional groups attached to an aromatic ring is 1. The number of nitrogens with zero attached hydrogens (tertiary/aromatic N) is 3. The standard InChI is InChI=1S/C11H12ClIN4S/c1-11(2,3)7-6(13)8(14)17-9(16-7)10-15-4-5(12)18-10/h4H,1-3H3,(H2,14,16,17). The molecule has 4 nitrogen and oxygen atoms in total. The molecule has 2 aromatic rings. The summed E-state index contributed by atoms with van der Waals surface area (Å²) >= 11 is 9.40. The molecular formula is C11H12ClIN4S. The van der Waals surface area contributed by atoms with Crippen LogP contribution < -0.4 is 5.73 Å². The number of nitrogens with two attached hydrogens (primary N) is 1. The second kappa shape index (κ2) is 4.90. The van der Waals surface area contributed by atoms with Crippen LogP contribution >= 0.6 is 45.5 Å². The Bertz CT molecular complexity index is 591. The van der Waals surface area contributed by atoms with Crippen LogP contribution in [0.1, 0.15) is 26.5 Å². The third-order valence-electron chi connectivity index (χ3n) is 2.26. The van der Waals surface area contributed by atoms with Crippen LogP contribution in [0, 0.1) is 3.57 Å². The van der Waals surface area contributed by atoms with E-state index < -0.39 is 0 Å². The molecule has 2 rings (SSSR count). The number of anilines is 1. The third kappa shape index (κ3) is 2.75. The average Bonchev–Trinajstić information content (AvgIpc) is 2.67. The van der Waals surface area contributed by atoms with Gasteiger partial charge in [-0.1, -0.05) is 43.7 Å². The van der Waals surface area contributed by atoms with Crippen molar-refractivity contribution in [1.82, 2.24) is 15.0 Å². The molecule has 0 unspecified atom stereocenters. The summed E-state index contributed by atoms with van der Waals surface area (Å²) in [6.45, 7) is 6.28. The van der Waals surface area contributed by atoms with Gasteiger partial charge in [-0.15, -0.1) is 0 Å². The van der Waals surface area contributed by atoms with E-state index in [0.717, 1.165) is 9.26 Å². The molecule has 2 heterocycles. The summed E-state index contributed by atoms with van der Waals surface area (Å²) in [6, 6.07) is 0. The van der Waals surface area contributed by atoms with Crippen LogP contribution in [-0.2, 0) is 5.41 Å². The molecule has 0 aromatic carbocycles. The normalized spacial score (nSPS) is 11.8. The van der Waals surface area contributed by atoms with Gasteiger partial charge in [0.1, 0.15) is 10.2 Å². The first-order valence-electron chi connectivity index (χ1n) is 5.24. The lowest BCUT2D eigenvalue weighted by atomic mass is 9.92. The Morgan fingerprint density at radius 2 is 2.00 bits per heavy atom. The van der Waals surface area contributed by atoms with Crippen LogP contribution in [0.5, 0.6) is 0 Å². The molecule has 7 heteroatoms. The van der Waals surface area contributed by atoms with Gasteiger partial charge >= 0.3 is 0 Å². The van der Waals surface area contributed by atoms with Crippen molar-refractivity contribution >= 4 is 51.3 Å². The molecule has 0 fully saturated rings. The highest BCUT2D eigenvalue weighted by atomic mass is 127. The summed E-state index contributed by atoms with van der Waals surface area (Å²) in [5, 5.41) is 0.689. The monoisotopic (exact) mass is 394 g/mol. The molecule has 0 radical (unpaired) electrons. The summed E-state index contributed by atoms with van der Waals surface area (Å²) in [4.78, 5) is 13.0. The number of aromatic nitrogens is 3. The average molecular weight is 395 g/mol. The van der Waals surface area contributed by atoms with Gasteiger partial charge in [-0.05, 0) is 22.6 Å². The molecule has 0 aliphatic heterocycles. The molecule has 0 amide bonds. The Hall–Kier alpha value is -0.470. The van der Waals surface area contributed by atoms with E-state index in [-0.39, 0.29) is 5.41 Å². The van der Waals surface area contributed by atoms with E-state index in [4.69, 9.17) is 17.3 Å². The molecule has 0 bridgehead atoms. The number of hydrogen-bond acceptors (Lipinski definition) is 5. The van der Waals surface area contributed by atoms with Gasteiger partial charge in [0.05, 0.1) is 15.5 Å². The van der Waals surface area contributed by atoms with E-state index >= 15 is 0 Å². The van der Waals surface area contributed by atoms with Gasteiger partial charge in [-0.25, -0.2) is 15.0 Å². The van der Waals surface area contributed by atoms with E-state index in [1.165, 1.54) is 11.3 Å². The summed E-state index contributed by atoms with van der Waals surface area (Å²) in [7, 11) is 0. The number of thiazole rings is 1. The van der Waals surface area contributed by atoms with Crippen LogP contribution in [0.3, 0.4) is 0 Å². The van der Waals surface area contributed by atoms with Crippen molar-refractivity contribution in [3.8, 4) is 10.8 Å². The zero-order valence-corrected chi connectivity index (χ0v) is 13.9. The van der Waals surface area contributed by atoms with Crippen LogP contribution in [0.2, 0.25) is 4.34 Å². The predicted molar refractivity (Wildman–Crippen MR) is 84.0 cm³/mol. The molecule has 0 aliphatic rings. The van der Waals surface area contributed by atoms with Gasteiger partial charge in [0.15, 0.2) is 10.8 Å². The summed E-state index contributed by atoms with van der Waals surface area (Å²) in [5.41, 5.74) is 6.78. The fraction of sp³-hybridized carbons (Fsp3) is 0.364. The molecule has 0 saturated heterocycles. The van der Waals surface area contributed by atoms with E-state index in [2.05, 4.69) is 58.3 Å². The topological polar surface area (TPSA) is 64.7 Å². The molecule has 0 spiro atoms. The zero-order chi connectivity index (χ0) is 13.5. The fourth-order valence-electron chi connectivity index (χ4n) is 1.41. The molecule has 0 atom stereocenters. The van der Waals surface area contributed by atoms with Crippen LogP contribution in [0.4, 0.5) is 5.82 Å². The van der Waals surface area contributed by atoms with Crippen molar-refractivity contribution in [3.05, 3.63) is 19.8 Å². The SMILES string of the molecule is CC(C)(C)c1nc(-c2ncc(Cl)s2)nc(N)c1I. The van der Waals surface area contributed by atoms with E-state index in [0.29, 0.717) is 21.0 Å². The summed E-state index contributed by atoms with van der Waals surface area (Å²) in [5.74, 6) is 1.02. The summed E-state index contributed by atoms with van der Waals surface area (Å²) in [6.07, 6.45) is 1.59. The fourth-order valence-corrected chi connectivity index (χ4v) is 3.31. The Balaban J connectivity index is 2.61. The van der Waals surface area contributed by atoms with Gasteiger partial charge in [0.25, 0.3) is 0 Å². The number of halogens is 2. The lowest BCUT2D eigenvalue weighted by molar-refractivity contribution is 0.564. The highest BCUT2D eigenvalue weighted by molar-refractivity contribution is 14.1. The maximum Gasteiger partial charge on any atom is 0.191 e. The lowest BCUT2D eigenvalue weighted by Crippen LogP contribution is -2.18. The third-order valence-corrected chi connectivity index (χ3v) is 4.43. The molecule has 0 aliphatic carbocycles. The van der Waals surface area contributed by atoms with Crippen LogP contribution in [0.15, 0.2) is 6.20 Å². The minimum atomic E-state index is -0.0939. The maximum absolute atomic E-state index is 5.95. The smallest absolute Gasteiger partial charge is 0.191 e. The first-order chi connectivity index (χ1) is 8.29. The molecule has 2 aromatic heterocycles. The molecule has 0 saturated carbocycles. The van der Waals surface area contributed by atoms with Crippen LogP contribution in [-0.4, -0.2) is 15.0 Å². The zero-order valence-electron chi connectivity index (χ0n) is 10.2. The first kappa shape index (κ1) is 14.0. The van der Waals surface area contributed by atoms with Crippen molar-refractivity contribution in [2.75, 3.05) is 5.73 Å². The highest BCUT2D eigenvalue weighted by Gasteiger charge is 2.23. The quantitative estimate of drug-likeness (QED) is 0.748. The van der Waals surface area contributed by atoms with Crippen LogP contribution in [0.25, 0.3) is 10.8 Å². The van der Waals surface area contributed by atoms with E-state index in [1.807, 2.05) is 0 Å². The van der Waals surface area contributed by atoms with Gasteiger partial charge in [0.2, 0.25) is 0 Å². The van der Waals surface area contributed by atoms with Crippen molar-refractivity contribution in [2.24, 2.45) is 0 Å². The maximum atomic E-state index is 5.95. The molecule has 96 valence electrons. The summed E-state index contributed by atoms with van der Waals surface area (Å²) < 4.78 is 1.51. The second-order valence-electron chi connectivity index (χ2n) is 4.81. The Kier molecular flexibility index (Phi) is 3.80. The van der Waals surface area contributed by atoms with Crippen molar-refractivity contribution in [3.63, 3.8) is 0 Å². The Morgan fingerprint density at radius 3 is 2.50 bits per heavy atom. The molecule has 2 N–H and O–H groups in total. The van der Waals surface area contributed by atoms with Crippen molar-refractivity contribution < 1.29 is 0 Å². The second-order valence-corrected chi connectivity index (χ2v) is 7.56. The first-order valence-corrected chi connectivity index (χ1v) is 7.51. The number of hydrogen-bond donors (Lipinski definition) is 1. The van der Waals surface area contributed by atoms with E-state index in [9.17, 15) is 0 Å². The minimum Gasteiger partial charge on any atom is -0.383 e. The predicted octanol–water partition coefficient (Wildman–Crippen LogP) is 3.74. The van der Waals surface area contributed by atoms with Gasteiger partial charge in [-0.2, -0.15) is 0 Å². The van der Waals surface area contributed by atoms with Gasteiger partial charge in [0, 0.05) is 5.41 Å². The largest absolute Gasteiger partial charge is 0.383 e. The molecular weight excluding hydrogens is 383 g/mol.